The van der Waals surface area contributed by atoms with Crippen molar-refractivity contribution in [2.45, 2.75) is 32.8 Å². The summed E-state index contributed by atoms with van der Waals surface area (Å²) in [5.41, 5.74) is 3.33. The number of aryl methyl sites for hydroxylation is 2. The summed E-state index contributed by atoms with van der Waals surface area (Å²) in [7, 11) is 1.40. The molecule has 5 heteroatoms. The molecule has 0 fully saturated rings. The number of rotatable bonds is 10. The van der Waals surface area contributed by atoms with Crippen LogP contribution < -0.4 is 9.47 Å². The summed E-state index contributed by atoms with van der Waals surface area (Å²) in [6, 6.07) is 13.5. The molecule has 1 N–H and O–H groups in total. The van der Waals surface area contributed by atoms with E-state index < -0.39 is 12.1 Å². The van der Waals surface area contributed by atoms with E-state index in [1.807, 2.05) is 36.4 Å². The Bertz CT molecular complexity index is 726. The molecule has 0 aliphatic heterocycles. The fourth-order valence-electron chi connectivity index (χ4n) is 2.49. The first-order chi connectivity index (χ1) is 12.5. The summed E-state index contributed by atoms with van der Waals surface area (Å²) < 4.78 is 16.4. The number of ether oxygens (including phenoxy) is 3. The molecule has 5 nitrogen and oxygen atoms in total. The number of carboxylic acids is 1. The van der Waals surface area contributed by atoms with Gasteiger partial charge in [-0.15, -0.1) is 0 Å². The third-order valence-corrected chi connectivity index (χ3v) is 4.18. The molecule has 0 bridgehead atoms. The Morgan fingerprint density at radius 2 is 1.69 bits per heavy atom. The van der Waals surface area contributed by atoms with Crippen molar-refractivity contribution in [2.24, 2.45) is 0 Å². The highest BCUT2D eigenvalue weighted by molar-refractivity contribution is 5.72. The van der Waals surface area contributed by atoms with E-state index in [4.69, 9.17) is 19.3 Å². The van der Waals surface area contributed by atoms with Gasteiger partial charge in [-0.05, 0) is 54.8 Å². The van der Waals surface area contributed by atoms with Gasteiger partial charge < -0.3 is 19.3 Å². The van der Waals surface area contributed by atoms with Crippen molar-refractivity contribution in [3.8, 4) is 11.5 Å². The normalized spacial score (nSPS) is 11.8. The molecule has 0 spiro atoms. The first-order valence-electron chi connectivity index (χ1n) is 8.67. The lowest BCUT2D eigenvalue weighted by atomic mass is 10.1. The Morgan fingerprint density at radius 1 is 1.00 bits per heavy atom. The van der Waals surface area contributed by atoms with Crippen LogP contribution >= 0.6 is 0 Å². The van der Waals surface area contributed by atoms with Gasteiger partial charge in [0.2, 0.25) is 0 Å². The summed E-state index contributed by atoms with van der Waals surface area (Å²) >= 11 is 0. The van der Waals surface area contributed by atoms with Gasteiger partial charge in [-0.25, -0.2) is 4.79 Å². The predicted octanol–water partition coefficient (Wildman–Crippen LogP) is 3.79. The van der Waals surface area contributed by atoms with Gasteiger partial charge in [-0.3, -0.25) is 0 Å². The molecule has 2 aromatic carbocycles. The van der Waals surface area contributed by atoms with Crippen molar-refractivity contribution >= 4 is 5.97 Å². The van der Waals surface area contributed by atoms with Gasteiger partial charge >= 0.3 is 5.97 Å². The zero-order valence-electron chi connectivity index (χ0n) is 15.5. The number of aliphatic carboxylic acids is 1. The maximum Gasteiger partial charge on any atom is 0.333 e. The number of hydrogen-bond donors (Lipinski definition) is 1. The van der Waals surface area contributed by atoms with Crippen LogP contribution in [0.1, 0.15) is 23.1 Å². The molecule has 2 aromatic rings. The molecule has 0 saturated heterocycles. The van der Waals surface area contributed by atoms with Crippen molar-refractivity contribution in [1.29, 1.82) is 0 Å². The molecule has 0 amide bonds. The molecule has 26 heavy (non-hydrogen) atoms. The maximum atomic E-state index is 11.1. The van der Waals surface area contributed by atoms with E-state index in [0.717, 1.165) is 17.7 Å². The summed E-state index contributed by atoms with van der Waals surface area (Å²) in [6.07, 6.45) is 0.211. The molecule has 1 atom stereocenters. The van der Waals surface area contributed by atoms with E-state index in [1.165, 1.54) is 18.2 Å². The minimum atomic E-state index is -0.970. The first-order valence-corrected chi connectivity index (χ1v) is 8.67. The second-order valence-corrected chi connectivity index (χ2v) is 6.21. The molecular formula is C21H26O5. The predicted molar refractivity (Wildman–Crippen MR) is 100 cm³/mol. The highest BCUT2D eigenvalue weighted by atomic mass is 16.5. The standard InChI is InChI=1S/C21H26O5/c1-15-8-9-19(12-16(15)2)26-11-5-10-25-18-7-4-6-17(13-18)14-20(24-3)21(22)23/h4,6-9,12-13,20H,5,10-11,14H2,1-3H3,(H,22,23). The fraction of sp³-hybridized carbons (Fsp3) is 0.381. The minimum absolute atomic E-state index is 0.304. The molecule has 2 rings (SSSR count). The minimum Gasteiger partial charge on any atom is -0.493 e. The van der Waals surface area contributed by atoms with E-state index in [0.29, 0.717) is 25.4 Å². The van der Waals surface area contributed by atoms with Crippen LogP contribution in [0.2, 0.25) is 0 Å². The Morgan fingerprint density at radius 3 is 2.31 bits per heavy atom. The fourth-order valence-corrected chi connectivity index (χ4v) is 2.49. The van der Waals surface area contributed by atoms with Crippen LogP contribution in [0.25, 0.3) is 0 Å². The summed E-state index contributed by atoms with van der Waals surface area (Å²) in [6.45, 7) is 5.25. The second kappa shape index (κ2) is 9.82. The third kappa shape index (κ3) is 6.08. The first kappa shape index (κ1) is 19.8. The third-order valence-electron chi connectivity index (χ3n) is 4.18. The van der Waals surface area contributed by atoms with E-state index in [-0.39, 0.29) is 0 Å². The molecule has 140 valence electrons. The number of carboxylic acid groups (broad SMARTS) is 1. The monoisotopic (exact) mass is 358 g/mol. The Balaban J connectivity index is 1.76. The van der Waals surface area contributed by atoms with Crippen molar-refractivity contribution in [1.82, 2.24) is 0 Å². The largest absolute Gasteiger partial charge is 0.493 e. The SMILES string of the molecule is COC(Cc1cccc(OCCCOc2ccc(C)c(C)c2)c1)C(=O)O. The van der Waals surface area contributed by atoms with E-state index >= 15 is 0 Å². The molecule has 0 aliphatic carbocycles. The Hall–Kier alpha value is -2.53. The number of hydrogen-bond acceptors (Lipinski definition) is 4. The lowest BCUT2D eigenvalue weighted by Gasteiger charge is -2.12. The quantitative estimate of drug-likeness (QED) is 0.655. The smallest absolute Gasteiger partial charge is 0.333 e. The van der Waals surface area contributed by atoms with Gasteiger partial charge in [0.25, 0.3) is 0 Å². The zero-order chi connectivity index (χ0) is 18.9. The maximum absolute atomic E-state index is 11.1. The topological polar surface area (TPSA) is 65.0 Å². The van der Waals surface area contributed by atoms with Gasteiger partial charge in [0, 0.05) is 20.0 Å². The number of methoxy groups -OCH3 is 1. The van der Waals surface area contributed by atoms with Crippen LogP contribution in [0.5, 0.6) is 11.5 Å². The van der Waals surface area contributed by atoms with Crippen LogP contribution in [-0.4, -0.2) is 37.5 Å². The molecule has 0 saturated carbocycles. The average molecular weight is 358 g/mol. The van der Waals surface area contributed by atoms with E-state index in [2.05, 4.69) is 19.9 Å². The number of benzene rings is 2. The van der Waals surface area contributed by atoms with Crippen LogP contribution in [0.4, 0.5) is 0 Å². The lowest BCUT2D eigenvalue weighted by molar-refractivity contribution is -0.148. The van der Waals surface area contributed by atoms with Crippen LogP contribution in [0.3, 0.4) is 0 Å². The highest BCUT2D eigenvalue weighted by Gasteiger charge is 2.16. The number of carbonyl (C=O) groups is 1. The molecule has 0 aliphatic rings. The summed E-state index contributed by atoms with van der Waals surface area (Å²) in [5.74, 6) is 0.616. The molecular weight excluding hydrogens is 332 g/mol. The van der Waals surface area contributed by atoms with Gasteiger partial charge in [0.1, 0.15) is 11.5 Å². The zero-order valence-corrected chi connectivity index (χ0v) is 15.5. The molecule has 0 radical (unpaired) electrons. The van der Waals surface area contributed by atoms with Crippen molar-refractivity contribution in [2.75, 3.05) is 20.3 Å². The highest BCUT2D eigenvalue weighted by Crippen LogP contribution is 2.18. The van der Waals surface area contributed by atoms with Crippen LogP contribution in [-0.2, 0) is 16.0 Å². The van der Waals surface area contributed by atoms with E-state index in [9.17, 15) is 4.79 Å². The van der Waals surface area contributed by atoms with Crippen molar-refractivity contribution in [3.05, 3.63) is 59.2 Å². The summed E-state index contributed by atoms with van der Waals surface area (Å²) in [4.78, 5) is 11.1. The molecule has 0 aromatic heterocycles. The lowest BCUT2D eigenvalue weighted by Crippen LogP contribution is -2.24. The van der Waals surface area contributed by atoms with Crippen LogP contribution in [0.15, 0.2) is 42.5 Å². The van der Waals surface area contributed by atoms with Gasteiger partial charge in [-0.1, -0.05) is 18.2 Å². The van der Waals surface area contributed by atoms with Crippen LogP contribution in [0, 0.1) is 13.8 Å². The van der Waals surface area contributed by atoms with Gasteiger partial charge in [-0.2, -0.15) is 0 Å². The van der Waals surface area contributed by atoms with Gasteiger partial charge in [0.05, 0.1) is 13.2 Å². The summed E-state index contributed by atoms with van der Waals surface area (Å²) in [5, 5.41) is 9.06. The second-order valence-electron chi connectivity index (χ2n) is 6.21. The van der Waals surface area contributed by atoms with Gasteiger partial charge in [0.15, 0.2) is 6.10 Å². The molecule has 0 heterocycles. The molecule has 1 unspecified atom stereocenters. The van der Waals surface area contributed by atoms with E-state index in [1.54, 1.807) is 0 Å². The Kier molecular flexibility index (Phi) is 7.48. The van der Waals surface area contributed by atoms with Crippen molar-refractivity contribution in [3.63, 3.8) is 0 Å². The Labute approximate surface area is 154 Å². The van der Waals surface area contributed by atoms with Crippen molar-refractivity contribution < 1.29 is 24.1 Å². The average Bonchev–Trinajstić information content (AvgIpc) is 2.62.